The largest absolute Gasteiger partial charge is 0.195 e. The smallest absolute Gasteiger partial charge is 0.190 e. The zero-order chi connectivity index (χ0) is 12.9. The molecule has 0 bridgehead atoms. The zero-order valence-corrected chi connectivity index (χ0v) is 11.8. The third kappa shape index (κ3) is 1.54. The first-order valence-electron chi connectivity index (χ1n) is 5.52. The van der Waals surface area contributed by atoms with Gasteiger partial charge in [0.15, 0.2) is 16.6 Å². The first-order chi connectivity index (χ1) is 8.59. The average molecular weight is 279 g/mol. The molecule has 0 N–H and O–H groups in total. The number of thiophene rings is 1. The van der Waals surface area contributed by atoms with E-state index in [0.717, 1.165) is 27.5 Å². The lowest BCUT2D eigenvalue weighted by Crippen LogP contribution is -2.00. The Bertz CT molecular complexity index is 744. The Labute approximate surface area is 113 Å². The van der Waals surface area contributed by atoms with E-state index in [-0.39, 0.29) is 0 Å². The zero-order valence-electron chi connectivity index (χ0n) is 10.2. The van der Waals surface area contributed by atoms with Gasteiger partial charge in [0.1, 0.15) is 0 Å². The van der Waals surface area contributed by atoms with E-state index in [4.69, 9.17) is 11.6 Å². The molecule has 0 saturated heterocycles. The average Bonchev–Trinajstić information content (AvgIpc) is 2.92. The van der Waals surface area contributed by atoms with Gasteiger partial charge >= 0.3 is 0 Å². The second kappa shape index (κ2) is 4.03. The lowest BCUT2D eigenvalue weighted by atomic mass is 10.2. The van der Waals surface area contributed by atoms with Gasteiger partial charge in [-0.15, -0.1) is 21.5 Å². The summed E-state index contributed by atoms with van der Waals surface area (Å²) in [5, 5.41) is 15.3. The molecule has 0 aliphatic rings. The predicted octanol–water partition coefficient (Wildman–Crippen LogP) is 3.43. The summed E-state index contributed by atoms with van der Waals surface area (Å²) in [5.41, 5.74) is 3.90. The maximum atomic E-state index is 6.14. The maximum absolute atomic E-state index is 6.14. The molecule has 0 unspecified atom stereocenters. The number of rotatable bonds is 1. The molecule has 0 aromatic carbocycles. The molecule has 6 heteroatoms. The SMILES string of the molecule is Cc1ccsc1-c1nnc2c(C)c(C)c(Cl)nn12. The molecule has 0 saturated carbocycles. The predicted molar refractivity (Wildman–Crippen MR) is 73.3 cm³/mol. The molecular weight excluding hydrogens is 268 g/mol. The van der Waals surface area contributed by atoms with Crippen molar-refractivity contribution in [2.75, 3.05) is 0 Å². The highest BCUT2D eigenvalue weighted by molar-refractivity contribution is 7.13. The molecule has 0 aliphatic heterocycles. The van der Waals surface area contributed by atoms with E-state index in [2.05, 4.69) is 28.3 Å². The second-order valence-electron chi connectivity index (χ2n) is 4.23. The van der Waals surface area contributed by atoms with Crippen molar-refractivity contribution in [1.29, 1.82) is 0 Å². The Balaban J connectivity index is 2.37. The van der Waals surface area contributed by atoms with Crippen LogP contribution >= 0.6 is 22.9 Å². The number of fused-ring (bicyclic) bond motifs is 1. The molecule has 0 spiro atoms. The number of aryl methyl sites for hydroxylation is 2. The molecule has 4 nitrogen and oxygen atoms in total. The topological polar surface area (TPSA) is 43.1 Å². The van der Waals surface area contributed by atoms with Gasteiger partial charge in [-0.25, -0.2) is 0 Å². The third-order valence-corrected chi connectivity index (χ3v) is 4.47. The fourth-order valence-electron chi connectivity index (χ4n) is 1.84. The molecule has 92 valence electrons. The number of halogens is 1. The van der Waals surface area contributed by atoms with Crippen molar-refractivity contribution in [1.82, 2.24) is 19.8 Å². The fraction of sp³-hybridized carbons (Fsp3) is 0.250. The maximum Gasteiger partial charge on any atom is 0.195 e. The normalized spacial score (nSPS) is 11.3. The minimum absolute atomic E-state index is 0.496. The van der Waals surface area contributed by atoms with Gasteiger partial charge in [0.05, 0.1) is 4.88 Å². The number of aromatic nitrogens is 4. The van der Waals surface area contributed by atoms with Crippen LogP contribution in [0.4, 0.5) is 0 Å². The third-order valence-electron chi connectivity index (χ3n) is 3.10. The van der Waals surface area contributed by atoms with Crippen molar-refractivity contribution in [2.24, 2.45) is 0 Å². The first kappa shape index (κ1) is 11.6. The van der Waals surface area contributed by atoms with Crippen LogP contribution in [0.2, 0.25) is 5.15 Å². The van der Waals surface area contributed by atoms with Crippen LogP contribution in [-0.4, -0.2) is 19.8 Å². The quantitative estimate of drug-likeness (QED) is 0.685. The summed E-state index contributed by atoms with van der Waals surface area (Å²) in [4.78, 5) is 1.08. The molecule has 3 heterocycles. The van der Waals surface area contributed by atoms with E-state index >= 15 is 0 Å². The summed E-state index contributed by atoms with van der Waals surface area (Å²) in [6.45, 7) is 5.98. The summed E-state index contributed by atoms with van der Waals surface area (Å²) < 4.78 is 1.73. The van der Waals surface area contributed by atoms with Crippen molar-refractivity contribution in [3.8, 4) is 10.7 Å². The van der Waals surface area contributed by atoms with Crippen LogP contribution < -0.4 is 0 Å². The summed E-state index contributed by atoms with van der Waals surface area (Å²) >= 11 is 7.77. The van der Waals surface area contributed by atoms with E-state index in [1.807, 2.05) is 19.2 Å². The first-order valence-corrected chi connectivity index (χ1v) is 6.78. The highest BCUT2D eigenvalue weighted by Gasteiger charge is 2.16. The van der Waals surface area contributed by atoms with Gasteiger partial charge in [0.2, 0.25) is 0 Å². The van der Waals surface area contributed by atoms with Gasteiger partial charge in [-0.1, -0.05) is 11.6 Å². The highest BCUT2D eigenvalue weighted by Crippen LogP contribution is 2.29. The van der Waals surface area contributed by atoms with Crippen LogP contribution in [0.15, 0.2) is 11.4 Å². The van der Waals surface area contributed by atoms with Crippen LogP contribution in [0.5, 0.6) is 0 Å². The summed E-state index contributed by atoms with van der Waals surface area (Å²) in [5.74, 6) is 0.752. The lowest BCUT2D eigenvalue weighted by Gasteiger charge is -2.04. The van der Waals surface area contributed by atoms with Crippen molar-refractivity contribution in [2.45, 2.75) is 20.8 Å². The Kier molecular flexibility index (Phi) is 2.60. The Morgan fingerprint density at radius 1 is 1.17 bits per heavy atom. The number of nitrogens with zero attached hydrogens (tertiary/aromatic N) is 4. The standard InChI is InChI=1S/C12H11ClN4S/c1-6-4-5-18-9(6)12-15-14-11-8(3)7(2)10(13)16-17(11)12/h4-5H,1-3H3. The minimum Gasteiger partial charge on any atom is -0.190 e. The molecule has 0 atom stereocenters. The van der Waals surface area contributed by atoms with Crippen molar-refractivity contribution < 1.29 is 0 Å². The van der Waals surface area contributed by atoms with Crippen LogP contribution in [-0.2, 0) is 0 Å². The molecule has 18 heavy (non-hydrogen) atoms. The lowest BCUT2D eigenvalue weighted by molar-refractivity contribution is 0.920. The van der Waals surface area contributed by atoms with E-state index in [0.29, 0.717) is 5.15 Å². The van der Waals surface area contributed by atoms with E-state index < -0.39 is 0 Å². The Hall–Kier alpha value is -1.46. The molecule has 0 amide bonds. The number of hydrogen-bond acceptors (Lipinski definition) is 4. The van der Waals surface area contributed by atoms with Gasteiger partial charge in [0, 0.05) is 5.56 Å². The van der Waals surface area contributed by atoms with Gasteiger partial charge in [0.25, 0.3) is 0 Å². The van der Waals surface area contributed by atoms with Crippen LogP contribution in [0, 0.1) is 20.8 Å². The van der Waals surface area contributed by atoms with Gasteiger partial charge in [-0.2, -0.15) is 9.61 Å². The second-order valence-corrected chi connectivity index (χ2v) is 5.51. The minimum atomic E-state index is 0.496. The molecule has 3 aromatic rings. The molecule has 0 radical (unpaired) electrons. The van der Waals surface area contributed by atoms with Crippen LogP contribution in [0.3, 0.4) is 0 Å². The van der Waals surface area contributed by atoms with Crippen LogP contribution in [0.1, 0.15) is 16.7 Å². The van der Waals surface area contributed by atoms with Crippen molar-refractivity contribution in [3.63, 3.8) is 0 Å². The number of hydrogen-bond donors (Lipinski definition) is 0. The molecular formula is C12H11ClN4S. The molecule has 3 rings (SSSR count). The summed E-state index contributed by atoms with van der Waals surface area (Å²) in [7, 11) is 0. The van der Waals surface area contributed by atoms with E-state index in [1.165, 1.54) is 5.56 Å². The fourth-order valence-corrected chi connectivity index (χ4v) is 2.95. The van der Waals surface area contributed by atoms with Gasteiger partial charge in [-0.3, -0.25) is 0 Å². The van der Waals surface area contributed by atoms with E-state index in [1.54, 1.807) is 15.9 Å². The van der Waals surface area contributed by atoms with Crippen LogP contribution in [0.25, 0.3) is 16.3 Å². The van der Waals surface area contributed by atoms with E-state index in [9.17, 15) is 0 Å². The monoisotopic (exact) mass is 278 g/mol. The molecule has 0 fully saturated rings. The van der Waals surface area contributed by atoms with Crippen molar-refractivity contribution >= 4 is 28.6 Å². The summed E-state index contributed by atoms with van der Waals surface area (Å²) in [6.07, 6.45) is 0. The molecule has 0 aliphatic carbocycles. The molecule has 3 aromatic heterocycles. The van der Waals surface area contributed by atoms with Gasteiger partial charge < -0.3 is 0 Å². The van der Waals surface area contributed by atoms with Gasteiger partial charge in [-0.05, 0) is 43.3 Å². The summed E-state index contributed by atoms with van der Waals surface area (Å²) in [6, 6.07) is 2.06. The Morgan fingerprint density at radius 3 is 2.61 bits per heavy atom. The highest BCUT2D eigenvalue weighted by atomic mass is 35.5. The van der Waals surface area contributed by atoms with Crippen molar-refractivity contribution in [3.05, 3.63) is 33.3 Å². The Morgan fingerprint density at radius 2 is 1.94 bits per heavy atom.